The predicted molar refractivity (Wildman–Crippen MR) is 89.2 cm³/mol. The van der Waals surface area contributed by atoms with Gasteiger partial charge in [0.2, 0.25) is 0 Å². The predicted octanol–water partition coefficient (Wildman–Crippen LogP) is 2.88. The van der Waals surface area contributed by atoms with Crippen molar-refractivity contribution in [1.29, 1.82) is 0 Å². The van der Waals surface area contributed by atoms with Gasteiger partial charge in [0.15, 0.2) is 0 Å². The molecule has 2 aromatic carbocycles. The van der Waals surface area contributed by atoms with Crippen LogP contribution in [-0.4, -0.2) is 22.0 Å². The van der Waals surface area contributed by atoms with Crippen LogP contribution >= 0.6 is 0 Å². The smallest absolute Gasteiger partial charge is 0.251 e. The molecule has 1 N–H and O–H groups in total. The van der Waals surface area contributed by atoms with Crippen LogP contribution in [0, 0.1) is 0 Å². The highest BCUT2D eigenvalue weighted by Gasteiger charge is 2.19. The van der Waals surface area contributed by atoms with Crippen molar-refractivity contribution in [3.05, 3.63) is 77.9 Å². The number of hydrogen-bond acceptors (Lipinski definition) is 2. The third kappa shape index (κ3) is 2.63. The summed E-state index contributed by atoms with van der Waals surface area (Å²) in [5, 5.41) is 2.96. The molecule has 1 aliphatic carbocycles. The van der Waals surface area contributed by atoms with Crippen molar-refractivity contribution in [3.8, 4) is 11.1 Å². The summed E-state index contributed by atoms with van der Waals surface area (Å²) >= 11 is 0. The van der Waals surface area contributed by atoms with Crippen LogP contribution in [0.3, 0.4) is 0 Å². The molecule has 0 fully saturated rings. The normalized spacial score (nSPS) is 11.8. The number of hydrogen-bond donors (Lipinski definition) is 1. The molecule has 1 amide bonds. The molecule has 4 nitrogen and oxygen atoms in total. The molecular weight excluding hydrogens is 286 g/mol. The van der Waals surface area contributed by atoms with Gasteiger partial charge in [0.1, 0.15) is 0 Å². The van der Waals surface area contributed by atoms with E-state index in [0.29, 0.717) is 12.1 Å². The second-order valence-corrected chi connectivity index (χ2v) is 5.76. The lowest BCUT2D eigenvalue weighted by Crippen LogP contribution is -2.27. The number of carbonyl (C=O) groups is 1. The fourth-order valence-corrected chi connectivity index (χ4v) is 3.08. The third-order valence-corrected chi connectivity index (χ3v) is 4.28. The second kappa shape index (κ2) is 5.72. The zero-order valence-corrected chi connectivity index (χ0v) is 12.7. The zero-order valence-electron chi connectivity index (χ0n) is 12.7. The first-order chi connectivity index (χ1) is 11.3. The van der Waals surface area contributed by atoms with Crippen LogP contribution in [0.25, 0.3) is 11.1 Å². The summed E-state index contributed by atoms with van der Waals surface area (Å²) in [5.41, 5.74) is 5.77. The number of nitrogens with one attached hydrogen (secondary N) is 1. The number of amides is 1. The van der Waals surface area contributed by atoms with Crippen LogP contribution in [0.2, 0.25) is 0 Å². The molecule has 0 unspecified atom stereocenters. The van der Waals surface area contributed by atoms with Crippen molar-refractivity contribution in [2.75, 3.05) is 6.54 Å². The summed E-state index contributed by atoms with van der Waals surface area (Å²) in [4.78, 5) is 16.3. The van der Waals surface area contributed by atoms with Gasteiger partial charge in [-0.3, -0.25) is 4.79 Å². The Morgan fingerprint density at radius 3 is 2.87 bits per heavy atom. The Labute approximate surface area is 134 Å². The molecule has 0 aliphatic heterocycles. The number of nitrogens with zero attached hydrogens (tertiary/aromatic N) is 2. The Morgan fingerprint density at radius 2 is 2.00 bits per heavy atom. The average Bonchev–Trinajstić information content (AvgIpc) is 3.21. The lowest BCUT2D eigenvalue weighted by molar-refractivity contribution is 0.0952. The summed E-state index contributed by atoms with van der Waals surface area (Å²) in [6, 6.07) is 14.4. The van der Waals surface area contributed by atoms with Crippen molar-refractivity contribution >= 4 is 5.91 Å². The van der Waals surface area contributed by atoms with Gasteiger partial charge in [-0.2, -0.15) is 0 Å². The molecule has 1 heterocycles. The van der Waals surface area contributed by atoms with Gasteiger partial charge in [0.25, 0.3) is 5.91 Å². The van der Waals surface area contributed by atoms with E-state index in [4.69, 9.17) is 0 Å². The summed E-state index contributed by atoms with van der Waals surface area (Å²) in [6.07, 6.45) is 6.32. The molecule has 1 aromatic heterocycles. The lowest BCUT2D eigenvalue weighted by atomic mass is 10.0. The Bertz CT molecular complexity index is 853. The van der Waals surface area contributed by atoms with Gasteiger partial charge in [-0.05, 0) is 40.8 Å². The Hall–Kier alpha value is -2.88. The highest BCUT2D eigenvalue weighted by atomic mass is 16.1. The van der Waals surface area contributed by atoms with E-state index in [-0.39, 0.29) is 5.91 Å². The third-order valence-electron chi connectivity index (χ3n) is 4.28. The molecule has 0 atom stereocenters. The van der Waals surface area contributed by atoms with Gasteiger partial charge in [0.05, 0.1) is 6.33 Å². The van der Waals surface area contributed by atoms with Crippen LogP contribution in [0.15, 0.2) is 61.2 Å². The lowest BCUT2D eigenvalue weighted by Gasteiger charge is -2.08. The Balaban J connectivity index is 1.49. The summed E-state index contributed by atoms with van der Waals surface area (Å²) in [6.45, 7) is 1.31. The van der Waals surface area contributed by atoms with Gasteiger partial charge in [-0.1, -0.05) is 30.3 Å². The molecule has 114 valence electrons. The zero-order chi connectivity index (χ0) is 15.6. The largest absolute Gasteiger partial charge is 0.350 e. The quantitative estimate of drug-likeness (QED) is 0.630. The van der Waals surface area contributed by atoms with Crippen LogP contribution < -0.4 is 5.32 Å². The number of benzene rings is 2. The minimum absolute atomic E-state index is 0.0303. The average molecular weight is 303 g/mol. The van der Waals surface area contributed by atoms with Crippen LogP contribution in [-0.2, 0) is 13.0 Å². The molecule has 0 bridgehead atoms. The second-order valence-electron chi connectivity index (χ2n) is 5.76. The topological polar surface area (TPSA) is 46.9 Å². The molecule has 0 spiro atoms. The van der Waals surface area contributed by atoms with Crippen molar-refractivity contribution in [2.24, 2.45) is 0 Å². The van der Waals surface area contributed by atoms with Crippen LogP contribution in [0.4, 0.5) is 0 Å². The number of imidazole rings is 1. The van der Waals surface area contributed by atoms with Crippen LogP contribution in [0.1, 0.15) is 21.5 Å². The standard InChI is InChI=1S/C19H17N3O/c23-19(21-8-10-22-9-7-20-13-22)16-6-5-15-11-14-3-1-2-4-17(14)18(15)12-16/h1-7,9,12-13H,8,10-11H2,(H,21,23). The molecular formula is C19H17N3O. The molecule has 1 aliphatic rings. The highest BCUT2D eigenvalue weighted by molar-refractivity contribution is 5.96. The maximum absolute atomic E-state index is 12.3. The molecule has 0 saturated carbocycles. The number of rotatable bonds is 4. The summed E-state index contributed by atoms with van der Waals surface area (Å²) in [7, 11) is 0. The van der Waals surface area contributed by atoms with Gasteiger partial charge < -0.3 is 9.88 Å². The fraction of sp³-hybridized carbons (Fsp3) is 0.158. The summed E-state index contributed by atoms with van der Waals surface area (Å²) in [5.74, 6) is -0.0303. The summed E-state index contributed by atoms with van der Waals surface area (Å²) < 4.78 is 1.94. The van der Waals surface area contributed by atoms with E-state index in [0.717, 1.165) is 13.0 Å². The van der Waals surface area contributed by atoms with E-state index in [2.05, 4.69) is 34.6 Å². The van der Waals surface area contributed by atoms with E-state index in [1.54, 1.807) is 12.5 Å². The molecule has 3 aromatic rings. The van der Waals surface area contributed by atoms with Gasteiger partial charge in [-0.15, -0.1) is 0 Å². The van der Waals surface area contributed by atoms with E-state index in [1.807, 2.05) is 29.0 Å². The number of fused-ring (bicyclic) bond motifs is 3. The van der Waals surface area contributed by atoms with E-state index >= 15 is 0 Å². The number of carbonyl (C=O) groups excluding carboxylic acids is 1. The van der Waals surface area contributed by atoms with Crippen molar-refractivity contribution < 1.29 is 4.79 Å². The van der Waals surface area contributed by atoms with Crippen molar-refractivity contribution in [1.82, 2.24) is 14.9 Å². The van der Waals surface area contributed by atoms with Gasteiger partial charge in [-0.25, -0.2) is 4.98 Å². The highest BCUT2D eigenvalue weighted by Crippen LogP contribution is 2.36. The van der Waals surface area contributed by atoms with E-state index in [9.17, 15) is 4.79 Å². The maximum atomic E-state index is 12.3. The Morgan fingerprint density at radius 1 is 1.13 bits per heavy atom. The van der Waals surface area contributed by atoms with Gasteiger partial charge in [0, 0.05) is 31.0 Å². The first-order valence-electron chi connectivity index (χ1n) is 7.76. The molecule has 4 heteroatoms. The number of aromatic nitrogens is 2. The minimum atomic E-state index is -0.0303. The SMILES string of the molecule is O=C(NCCn1ccnc1)c1ccc2c(c1)-c1ccccc1C2. The first kappa shape index (κ1) is 13.8. The minimum Gasteiger partial charge on any atom is -0.350 e. The first-order valence-corrected chi connectivity index (χ1v) is 7.76. The van der Waals surface area contributed by atoms with Crippen molar-refractivity contribution in [2.45, 2.75) is 13.0 Å². The molecule has 23 heavy (non-hydrogen) atoms. The molecule has 4 rings (SSSR count). The fourth-order valence-electron chi connectivity index (χ4n) is 3.08. The van der Waals surface area contributed by atoms with E-state index in [1.165, 1.54) is 22.3 Å². The van der Waals surface area contributed by atoms with Gasteiger partial charge >= 0.3 is 0 Å². The van der Waals surface area contributed by atoms with Crippen LogP contribution in [0.5, 0.6) is 0 Å². The molecule has 0 saturated heterocycles. The van der Waals surface area contributed by atoms with Crippen molar-refractivity contribution in [3.63, 3.8) is 0 Å². The van der Waals surface area contributed by atoms with E-state index < -0.39 is 0 Å². The monoisotopic (exact) mass is 303 g/mol. The Kier molecular flexibility index (Phi) is 3.42. The maximum Gasteiger partial charge on any atom is 0.251 e. The molecule has 0 radical (unpaired) electrons.